The Morgan fingerprint density at radius 3 is 2.68 bits per heavy atom. The second-order valence-electron chi connectivity index (χ2n) is 6.53. The number of ether oxygens (including phenoxy) is 2. The zero-order valence-electron chi connectivity index (χ0n) is 15.7. The molecule has 2 aromatic rings. The van der Waals surface area contributed by atoms with E-state index in [0.29, 0.717) is 31.9 Å². The van der Waals surface area contributed by atoms with E-state index in [1.165, 1.54) is 6.07 Å². The Balaban J connectivity index is 1.42. The molecule has 1 heterocycles. The van der Waals surface area contributed by atoms with E-state index in [1.54, 1.807) is 54.5 Å². The third-order valence-corrected chi connectivity index (χ3v) is 4.59. The van der Waals surface area contributed by atoms with Gasteiger partial charge in [0.2, 0.25) is 11.8 Å². The molecule has 0 aliphatic carbocycles. The van der Waals surface area contributed by atoms with Crippen LogP contribution in [0.25, 0.3) is 0 Å². The van der Waals surface area contributed by atoms with Crippen molar-refractivity contribution in [1.29, 1.82) is 0 Å². The smallest absolute Gasteiger partial charge is 0.227 e. The topological polar surface area (TPSA) is 67.9 Å². The molecule has 7 heteroatoms. The van der Waals surface area contributed by atoms with Gasteiger partial charge in [0, 0.05) is 25.2 Å². The molecule has 3 rings (SSSR count). The summed E-state index contributed by atoms with van der Waals surface area (Å²) in [5.41, 5.74) is 0.749. The first kappa shape index (κ1) is 19.7. The minimum Gasteiger partial charge on any atom is -0.497 e. The van der Waals surface area contributed by atoms with E-state index < -0.39 is 5.82 Å². The normalized spacial score (nSPS) is 16.1. The van der Waals surface area contributed by atoms with Crippen molar-refractivity contribution in [3.63, 3.8) is 0 Å². The van der Waals surface area contributed by atoms with Crippen LogP contribution in [0.5, 0.6) is 11.5 Å². The monoisotopic (exact) mass is 386 g/mol. The first-order valence-corrected chi connectivity index (χ1v) is 9.18. The lowest BCUT2D eigenvalue weighted by Crippen LogP contribution is -2.34. The van der Waals surface area contributed by atoms with Gasteiger partial charge in [0.1, 0.15) is 5.75 Å². The van der Waals surface area contributed by atoms with E-state index >= 15 is 0 Å². The fourth-order valence-corrected chi connectivity index (χ4v) is 3.07. The Bertz CT molecular complexity index is 825. The van der Waals surface area contributed by atoms with Crippen molar-refractivity contribution >= 4 is 17.5 Å². The number of rotatable bonds is 8. The number of benzene rings is 2. The first-order chi connectivity index (χ1) is 13.6. The van der Waals surface area contributed by atoms with Crippen molar-refractivity contribution in [3.8, 4) is 11.5 Å². The summed E-state index contributed by atoms with van der Waals surface area (Å²) in [6.07, 6.45) is 0.729. The molecule has 0 aromatic heterocycles. The third kappa shape index (κ3) is 4.79. The third-order valence-electron chi connectivity index (χ3n) is 4.59. The van der Waals surface area contributed by atoms with E-state index in [9.17, 15) is 14.0 Å². The maximum Gasteiger partial charge on any atom is 0.227 e. The fraction of sp³-hybridized carbons (Fsp3) is 0.333. The van der Waals surface area contributed by atoms with Crippen molar-refractivity contribution in [3.05, 3.63) is 54.3 Å². The number of methoxy groups -OCH3 is 1. The molecule has 1 unspecified atom stereocenters. The summed E-state index contributed by atoms with van der Waals surface area (Å²) in [5.74, 6) is -0.118. The van der Waals surface area contributed by atoms with Gasteiger partial charge >= 0.3 is 0 Å². The van der Waals surface area contributed by atoms with Gasteiger partial charge in [-0.15, -0.1) is 0 Å². The molecule has 1 aliphatic heterocycles. The number of carbonyl (C=O) groups is 2. The summed E-state index contributed by atoms with van der Waals surface area (Å²) in [4.78, 5) is 26.2. The van der Waals surface area contributed by atoms with Crippen LogP contribution in [0.1, 0.15) is 12.8 Å². The summed E-state index contributed by atoms with van der Waals surface area (Å²) in [6.45, 7) is 1.05. The van der Waals surface area contributed by atoms with E-state index in [0.717, 1.165) is 5.69 Å². The average Bonchev–Trinajstić information content (AvgIpc) is 3.11. The van der Waals surface area contributed by atoms with Crippen LogP contribution in [0.3, 0.4) is 0 Å². The van der Waals surface area contributed by atoms with Crippen LogP contribution < -0.4 is 19.7 Å². The highest BCUT2D eigenvalue weighted by Gasteiger charge is 2.34. The van der Waals surface area contributed by atoms with Crippen LogP contribution in [0.15, 0.2) is 48.5 Å². The van der Waals surface area contributed by atoms with Crippen molar-refractivity contribution < 1.29 is 23.5 Å². The Morgan fingerprint density at radius 1 is 1.21 bits per heavy atom. The van der Waals surface area contributed by atoms with Crippen molar-refractivity contribution in [2.45, 2.75) is 12.8 Å². The van der Waals surface area contributed by atoms with Gasteiger partial charge in [0.15, 0.2) is 11.6 Å². The molecular formula is C21H23FN2O4. The van der Waals surface area contributed by atoms with Gasteiger partial charge in [0.05, 0.1) is 19.6 Å². The summed E-state index contributed by atoms with van der Waals surface area (Å²) in [6, 6.07) is 13.4. The van der Waals surface area contributed by atoms with Crippen LogP contribution in [0, 0.1) is 11.7 Å². The van der Waals surface area contributed by atoms with Crippen molar-refractivity contribution in [2.24, 2.45) is 5.92 Å². The number of carbonyl (C=O) groups excluding carboxylic acids is 2. The zero-order chi connectivity index (χ0) is 19.9. The Kier molecular flexibility index (Phi) is 6.47. The van der Waals surface area contributed by atoms with E-state index in [1.807, 2.05) is 0 Å². The largest absolute Gasteiger partial charge is 0.497 e. The quantitative estimate of drug-likeness (QED) is 0.709. The van der Waals surface area contributed by atoms with E-state index in [4.69, 9.17) is 9.47 Å². The molecule has 1 fully saturated rings. The molecule has 1 N–H and O–H groups in total. The molecule has 0 bridgehead atoms. The highest BCUT2D eigenvalue weighted by Crippen LogP contribution is 2.26. The second-order valence-corrected chi connectivity index (χ2v) is 6.53. The van der Waals surface area contributed by atoms with Crippen molar-refractivity contribution in [2.75, 3.05) is 31.7 Å². The minimum absolute atomic E-state index is 0.0757. The summed E-state index contributed by atoms with van der Waals surface area (Å²) in [7, 11) is 1.58. The van der Waals surface area contributed by atoms with Crippen LogP contribution in [0.2, 0.25) is 0 Å². The molecule has 0 spiro atoms. The lowest BCUT2D eigenvalue weighted by Gasteiger charge is -2.17. The highest BCUT2D eigenvalue weighted by atomic mass is 19.1. The molecule has 1 atom stereocenters. The van der Waals surface area contributed by atoms with Gasteiger partial charge in [-0.2, -0.15) is 0 Å². The van der Waals surface area contributed by atoms with E-state index in [-0.39, 0.29) is 29.9 Å². The van der Waals surface area contributed by atoms with Crippen LogP contribution in [-0.4, -0.2) is 38.6 Å². The van der Waals surface area contributed by atoms with Gasteiger partial charge in [-0.25, -0.2) is 4.39 Å². The molecule has 0 radical (unpaired) electrons. The van der Waals surface area contributed by atoms with Gasteiger partial charge in [-0.05, 0) is 42.8 Å². The summed E-state index contributed by atoms with van der Waals surface area (Å²) in [5, 5.41) is 2.82. The lowest BCUT2D eigenvalue weighted by molar-refractivity contribution is -0.126. The maximum atomic E-state index is 13.4. The standard InChI is InChI=1S/C21H23FN2O4/c1-27-17-9-7-16(8-10-17)24-14-15(13-20(24)25)21(26)23-11-4-12-28-19-6-3-2-5-18(19)22/h2-3,5-10,15H,4,11-14H2,1H3,(H,23,26). The number of para-hydroxylation sites is 1. The molecule has 6 nitrogen and oxygen atoms in total. The number of anilines is 1. The maximum absolute atomic E-state index is 13.4. The van der Waals surface area contributed by atoms with Crippen molar-refractivity contribution in [1.82, 2.24) is 5.32 Å². The van der Waals surface area contributed by atoms with Gasteiger partial charge < -0.3 is 19.7 Å². The number of hydrogen-bond donors (Lipinski definition) is 1. The first-order valence-electron chi connectivity index (χ1n) is 9.18. The van der Waals surface area contributed by atoms with Crippen LogP contribution in [-0.2, 0) is 9.59 Å². The van der Waals surface area contributed by atoms with Crippen LogP contribution in [0.4, 0.5) is 10.1 Å². The average molecular weight is 386 g/mol. The molecule has 2 amide bonds. The van der Waals surface area contributed by atoms with Gasteiger partial charge in [-0.3, -0.25) is 9.59 Å². The molecule has 2 aromatic carbocycles. The molecule has 148 valence electrons. The number of nitrogens with one attached hydrogen (secondary N) is 1. The lowest BCUT2D eigenvalue weighted by atomic mass is 10.1. The summed E-state index contributed by atoms with van der Waals surface area (Å²) < 4.78 is 23.9. The Hall–Kier alpha value is -3.09. The molecule has 1 saturated heterocycles. The highest BCUT2D eigenvalue weighted by molar-refractivity contribution is 6.00. The molecule has 28 heavy (non-hydrogen) atoms. The predicted octanol–water partition coefficient (Wildman–Crippen LogP) is 2.77. The van der Waals surface area contributed by atoms with Crippen LogP contribution >= 0.6 is 0 Å². The Morgan fingerprint density at radius 2 is 1.96 bits per heavy atom. The minimum atomic E-state index is -0.408. The zero-order valence-corrected chi connectivity index (χ0v) is 15.7. The molecule has 0 saturated carbocycles. The number of halogens is 1. The summed E-state index contributed by atoms with van der Waals surface area (Å²) >= 11 is 0. The molecule has 1 aliphatic rings. The number of amides is 2. The van der Waals surface area contributed by atoms with Gasteiger partial charge in [-0.1, -0.05) is 12.1 Å². The Labute approximate surface area is 163 Å². The molecular weight excluding hydrogens is 363 g/mol. The van der Waals surface area contributed by atoms with Gasteiger partial charge in [0.25, 0.3) is 0 Å². The van der Waals surface area contributed by atoms with E-state index in [2.05, 4.69) is 5.32 Å². The SMILES string of the molecule is COc1ccc(N2CC(C(=O)NCCCOc3ccccc3F)CC2=O)cc1. The number of nitrogens with zero attached hydrogens (tertiary/aromatic N) is 1. The fourth-order valence-electron chi connectivity index (χ4n) is 3.07. The predicted molar refractivity (Wildman–Crippen MR) is 103 cm³/mol. The number of hydrogen-bond acceptors (Lipinski definition) is 4. The second kappa shape index (κ2) is 9.21.